The number of amides is 1. The van der Waals surface area contributed by atoms with Crippen LogP contribution in [-0.4, -0.2) is 44.8 Å². The summed E-state index contributed by atoms with van der Waals surface area (Å²) in [7, 11) is 0. The molecule has 0 atom stereocenters. The molecule has 1 fully saturated rings. The van der Waals surface area contributed by atoms with E-state index in [4.69, 9.17) is 4.42 Å². The van der Waals surface area contributed by atoms with Crippen LogP contribution in [0.4, 0.5) is 0 Å². The van der Waals surface area contributed by atoms with Gasteiger partial charge in [0, 0.05) is 5.56 Å². The standard InChI is InChI=1S/C18H22N4O2/c23-18(20-19-13-17-7-4-12-24-17)15-22-10-8-21(9-11-22)14-16-5-2-1-3-6-16/h1-7,12-13H,8-11,14-15H2,(H,20,23)/p+2/b19-13-. The monoisotopic (exact) mass is 328 g/mol. The van der Waals surface area contributed by atoms with Gasteiger partial charge in [-0.2, -0.15) is 5.10 Å². The second-order valence-corrected chi connectivity index (χ2v) is 6.15. The van der Waals surface area contributed by atoms with E-state index in [9.17, 15) is 4.79 Å². The minimum atomic E-state index is -0.0562. The third kappa shape index (κ3) is 5.04. The van der Waals surface area contributed by atoms with Gasteiger partial charge in [-0.3, -0.25) is 4.79 Å². The van der Waals surface area contributed by atoms with Crippen LogP contribution in [0.2, 0.25) is 0 Å². The Morgan fingerprint density at radius 1 is 1.08 bits per heavy atom. The highest BCUT2D eigenvalue weighted by molar-refractivity contribution is 5.80. The fourth-order valence-corrected chi connectivity index (χ4v) is 2.99. The molecule has 1 amide bonds. The first kappa shape index (κ1) is 16.4. The van der Waals surface area contributed by atoms with E-state index < -0.39 is 0 Å². The van der Waals surface area contributed by atoms with Gasteiger partial charge in [-0.1, -0.05) is 30.3 Å². The Bertz CT molecular complexity index is 647. The minimum absolute atomic E-state index is 0.0562. The third-order valence-corrected chi connectivity index (χ3v) is 4.30. The molecule has 0 saturated carbocycles. The van der Waals surface area contributed by atoms with Gasteiger partial charge >= 0.3 is 0 Å². The van der Waals surface area contributed by atoms with Gasteiger partial charge in [0.1, 0.15) is 38.5 Å². The molecule has 0 aliphatic carbocycles. The molecular weight excluding hydrogens is 304 g/mol. The average Bonchev–Trinajstić information content (AvgIpc) is 3.11. The number of benzene rings is 1. The lowest BCUT2D eigenvalue weighted by molar-refractivity contribution is -1.02. The maximum Gasteiger partial charge on any atom is 0.295 e. The topological polar surface area (TPSA) is 63.5 Å². The number of piperazine rings is 1. The molecule has 1 aromatic carbocycles. The highest BCUT2D eigenvalue weighted by Gasteiger charge is 2.24. The zero-order valence-electron chi connectivity index (χ0n) is 13.7. The fourth-order valence-electron chi connectivity index (χ4n) is 2.99. The fraction of sp³-hybridized carbons (Fsp3) is 0.333. The molecule has 0 radical (unpaired) electrons. The normalized spacial score (nSPS) is 21.0. The molecule has 24 heavy (non-hydrogen) atoms. The number of hydrogen-bond donors (Lipinski definition) is 3. The van der Waals surface area contributed by atoms with Crippen molar-refractivity contribution in [1.29, 1.82) is 0 Å². The molecule has 1 saturated heterocycles. The molecule has 0 spiro atoms. The van der Waals surface area contributed by atoms with E-state index in [-0.39, 0.29) is 5.91 Å². The van der Waals surface area contributed by atoms with Gasteiger partial charge in [0.15, 0.2) is 6.54 Å². The van der Waals surface area contributed by atoms with Crippen LogP contribution >= 0.6 is 0 Å². The van der Waals surface area contributed by atoms with E-state index in [0.717, 1.165) is 32.7 Å². The SMILES string of the molecule is O=C(C[NH+]1CC[NH+](Cc2ccccc2)CC1)N/N=C\c1ccco1. The molecule has 1 aromatic heterocycles. The van der Waals surface area contributed by atoms with Crippen LogP contribution in [0.5, 0.6) is 0 Å². The van der Waals surface area contributed by atoms with Crippen LogP contribution in [0.15, 0.2) is 58.2 Å². The van der Waals surface area contributed by atoms with Crippen LogP contribution in [0.25, 0.3) is 0 Å². The summed E-state index contributed by atoms with van der Waals surface area (Å²) in [6.07, 6.45) is 3.08. The minimum Gasteiger partial charge on any atom is -0.463 e. The second-order valence-electron chi connectivity index (χ2n) is 6.15. The molecular formula is C18H24N4O2+2. The van der Waals surface area contributed by atoms with Gasteiger partial charge < -0.3 is 14.2 Å². The summed E-state index contributed by atoms with van der Waals surface area (Å²) >= 11 is 0. The number of nitrogens with one attached hydrogen (secondary N) is 3. The Labute approximate surface area is 141 Å². The van der Waals surface area contributed by atoms with Gasteiger partial charge in [0.25, 0.3) is 5.91 Å². The summed E-state index contributed by atoms with van der Waals surface area (Å²) in [5.74, 6) is 0.570. The second kappa shape index (κ2) is 8.42. The summed E-state index contributed by atoms with van der Waals surface area (Å²) in [6.45, 7) is 5.73. The van der Waals surface area contributed by atoms with Crippen molar-refractivity contribution in [2.45, 2.75) is 6.54 Å². The molecule has 1 aliphatic rings. The number of carbonyl (C=O) groups is 1. The van der Waals surface area contributed by atoms with E-state index in [1.54, 1.807) is 23.3 Å². The number of carbonyl (C=O) groups excluding carboxylic acids is 1. The summed E-state index contributed by atoms with van der Waals surface area (Å²) < 4.78 is 5.12. The Balaban J connectivity index is 1.36. The Morgan fingerprint density at radius 3 is 2.54 bits per heavy atom. The van der Waals surface area contributed by atoms with Gasteiger partial charge in [-0.15, -0.1) is 0 Å². The largest absolute Gasteiger partial charge is 0.463 e. The van der Waals surface area contributed by atoms with Crippen LogP contribution in [0.3, 0.4) is 0 Å². The Kier molecular flexibility index (Phi) is 5.76. The van der Waals surface area contributed by atoms with Crippen molar-refractivity contribution < 1.29 is 19.0 Å². The summed E-state index contributed by atoms with van der Waals surface area (Å²) in [5.41, 5.74) is 3.94. The molecule has 1 aliphatic heterocycles. The summed E-state index contributed by atoms with van der Waals surface area (Å²) in [6, 6.07) is 14.1. The Morgan fingerprint density at radius 2 is 1.83 bits per heavy atom. The van der Waals surface area contributed by atoms with E-state index in [1.807, 2.05) is 6.07 Å². The smallest absolute Gasteiger partial charge is 0.295 e. The molecule has 6 nitrogen and oxygen atoms in total. The number of hydrogen-bond acceptors (Lipinski definition) is 3. The number of nitrogens with zero attached hydrogens (tertiary/aromatic N) is 1. The van der Waals surface area contributed by atoms with Crippen LogP contribution in [0, 0.1) is 0 Å². The van der Waals surface area contributed by atoms with Gasteiger partial charge in [-0.25, -0.2) is 5.43 Å². The highest BCUT2D eigenvalue weighted by atomic mass is 16.3. The maximum atomic E-state index is 11.9. The van der Waals surface area contributed by atoms with Gasteiger partial charge in [0.05, 0.1) is 12.5 Å². The molecule has 3 N–H and O–H groups in total. The maximum absolute atomic E-state index is 11.9. The van der Waals surface area contributed by atoms with Crippen molar-refractivity contribution in [3.63, 3.8) is 0 Å². The lowest BCUT2D eigenvalue weighted by Gasteiger charge is -2.29. The van der Waals surface area contributed by atoms with E-state index in [1.165, 1.54) is 16.7 Å². The zero-order valence-corrected chi connectivity index (χ0v) is 13.7. The molecule has 2 heterocycles. The molecule has 126 valence electrons. The van der Waals surface area contributed by atoms with Crippen molar-refractivity contribution >= 4 is 12.1 Å². The molecule has 0 unspecified atom stereocenters. The molecule has 6 heteroatoms. The van der Waals surface area contributed by atoms with Crippen LogP contribution in [0.1, 0.15) is 11.3 Å². The quantitative estimate of drug-likeness (QED) is 0.457. The van der Waals surface area contributed by atoms with Crippen molar-refractivity contribution in [1.82, 2.24) is 5.43 Å². The molecule has 3 rings (SSSR count). The third-order valence-electron chi connectivity index (χ3n) is 4.30. The highest BCUT2D eigenvalue weighted by Crippen LogP contribution is 1.95. The first-order chi connectivity index (χ1) is 11.8. The lowest BCUT2D eigenvalue weighted by atomic mass is 10.2. The number of quaternary nitrogens is 2. The summed E-state index contributed by atoms with van der Waals surface area (Å²) in [5, 5.41) is 3.91. The Hall–Kier alpha value is -2.44. The molecule has 0 bridgehead atoms. The van der Waals surface area contributed by atoms with Gasteiger partial charge in [0.2, 0.25) is 0 Å². The summed E-state index contributed by atoms with van der Waals surface area (Å²) in [4.78, 5) is 14.8. The number of furan rings is 1. The average molecular weight is 328 g/mol. The van der Waals surface area contributed by atoms with Crippen molar-refractivity contribution in [2.24, 2.45) is 5.10 Å². The first-order valence-corrected chi connectivity index (χ1v) is 8.36. The lowest BCUT2D eigenvalue weighted by Crippen LogP contribution is -3.28. The molecule has 2 aromatic rings. The number of hydrazone groups is 1. The van der Waals surface area contributed by atoms with Gasteiger partial charge in [-0.05, 0) is 12.1 Å². The van der Waals surface area contributed by atoms with Crippen molar-refractivity contribution in [3.05, 3.63) is 60.1 Å². The predicted molar refractivity (Wildman–Crippen MR) is 90.9 cm³/mol. The van der Waals surface area contributed by atoms with Crippen molar-refractivity contribution in [3.8, 4) is 0 Å². The first-order valence-electron chi connectivity index (χ1n) is 8.36. The predicted octanol–water partition coefficient (Wildman–Crippen LogP) is -1.29. The van der Waals surface area contributed by atoms with Crippen LogP contribution in [-0.2, 0) is 11.3 Å². The zero-order chi connectivity index (χ0) is 16.6. The van der Waals surface area contributed by atoms with E-state index in [2.05, 4.69) is 34.8 Å². The van der Waals surface area contributed by atoms with E-state index >= 15 is 0 Å². The van der Waals surface area contributed by atoms with Crippen molar-refractivity contribution in [2.75, 3.05) is 32.7 Å². The van der Waals surface area contributed by atoms with Crippen LogP contribution < -0.4 is 15.2 Å². The number of rotatable bonds is 6. The van der Waals surface area contributed by atoms with E-state index in [0.29, 0.717) is 12.3 Å².